The zero-order chi connectivity index (χ0) is 16.6. The molecule has 0 bridgehead atoms. The molecule has 1 unspecified atom stereocenters. The minimum absolute atomic E-state index is 0.116. The number of nitrogens with zero attached hydrogens (tertiary/aromatic N) is 3. The number of carbonyl (C=O) groups excluding carboxylic acids is 1. The number of alkyl halides is 3. The molecule has 0 spiro atoms. The first-order valence-electron chi connectivity index (χ1n) is 7.28. The third-order valence-corrected chi connectivity index (χ3v) is 3.80. The number of morpholine rings is 1. The molecule has 124 valence electrons. The monoisotopic (exact) mass is 327 g/mol. The number of halogens is 3. The van der Waals surface area contributed by atoms with Gasteiger partial charge in [0, 0.05) is 13.1 Å². The lowest BCUT2D eigenvalue weighted by Crippen LogP contribution is -2.46. The first-order chi connectivity index (χ1) is 10.9. The molecular weight excluding hydrogens is 311 g/mol. The molecule has 1 fully saturated rings. The van der Waals surface area contributed by atoms with Crippen LogP contribution in [0.15, 0.2) is 24.3 Å². The zero-order valence-corrected chi connectivity index (χ0v) is 12.5. The highest BCUT2D eigenvalue weighted by molar-refractivity contribution is 5.81. The summed E-state index contributed by atoms with van der Waals surface area (Å²) in [5.74, 6) is -1.41. The summed E-state index contributed by atoms with van der Waals surface area (Å²) in [5.41, 5.74) is 0.525. The van der Waals surface area contributed by atoms with Crippen LogP contribution in [0.5, 0.6) is 0 Å². The SMILES string of the molecule is CC1CN(C(=O)Cn2c(C(F)(F)F)nc3ccccc32)CCO1. The van der Waals surface area contributed by atoms with Crippen LogP contribution in [-0.2, 0) is 22.3 Å². The molecule has 8 heteroatoms. The maximum absolute atomic E-state index is 13.2. The van der Waals surface area contributed by atoms with Gasteiger partial charge in [-0.15, -0.1) is 0 Å². The van der Waals surface area contributed by atoms with E-state index < -0.39 is 12.0 Å². The van der Waals surface area contributed by atoms with Crippen molar-refractivity contribution in [1.29, 1.82) is 0 Å². The predicted molar refractivity (Wildman–Crippen MR) is 76.7 cm³/mol. The van der Waals surface area contributed by atoms with E-state index in [1.807, 2.05) is 6.92 Å². The minimum atomic E-state index is -4.61. The second-order valence-corrected chi connectivity index (χ2v) is 5.53. The van der Waals surface area contributed by atoms with Crippen LogP contribution in [-0.4, -0.2) is 46.2 Å². The van der Waals surface area contributed by atoms with Gasteiger partial charge in [-0.2, -0.15) is 13.2 Å². The molecule has 1 aliphatic rings. The zero-order valence-electron chi connectivity index (χ0n) is 12.5. The number of amides is 1. The number of para-hydroxylation sites is 2. The summed E-state index contributed by atoms with van der Waals surface area (Å²) < 4.78 is 45.9. The lowest BCUT2D eigenvalue weighted by molar-refractivity contribution is -0.149. The van der Waals surface area contributed by atoms with E-state index in [9.17, 15) is 18.0 Å². The van der Waals surface area contributed by atoms with Crippen LogP contribution in [0.3, 0.4) is 0 Å². The van der Waals surface area contributed by atoms with Gasteiger partial charge in [0.25, 0.3) is 0 Å². The number of carbonyl (C=O) groups is 1. The number of imidazole rings is 1. The lowest BCUT2D eigenvalue weighted by Gasteiger charge is -2.31. The van der Waals surface area contributed by atoms with Gasteiger partial charge < -0.3 is 14.2 Å². The van der Waals surface area contributed by atoms with E-state index >= 15 is 0 Å². The third kappa shape index (κ3) is 3.17. The highest BCUT2D eigenvalue weighted by Crippen LogP contribution is 2.31. The van der Waals surface area contributed by atoms with Crippen LogP contribution < -0.4 is 0 Å². The summed E-state index contributed by atoms with van der Waals surface area (Å²) >= 11 is 0. The van der Waals surface area contributed by atoms with Gasteiger partial charge in [-0.05, 0) is 19.1 Å². The Morgan fingerprint density at radius 3 is 2.83 bits per heavy atom. The van der Waals surface area contributed by atoms with Crippen molar-refractivity contribution >= 4 is 16.9 Å². The molecule has 0 saturated carbocycles. The number of rotatable bonds is 2. The molecule has 3 rings (SSSR count). The average molecular weight is 327 g/mol. The standard InChI is InChI=1S/C15H16F3N3O2/c1-10-8-20(6-7-23-10)13(22)9-21-12-5-3-2-4-11(12)19-14(21)15(16,17)18/h2-5,10H,6-9H2,1H3. The summed E-state index contributed by atoms with van der Waals surface area (Å²) in [6.45, 7) is 2.60. The molecule has 1 aromatic carbocycles. The maximum atomic E-state index is 13.2. The highest BCUT2D eigenvalue weighted by Gasteiger charge is 2.38. The van der Waals surface area contributed by atoms with E-state index in [1.165, 1.54) is 17.0 Å². The van der Waals surface area contributed by atoms with E-state index in [1.54, 1.807) is 12.1 Å². The number of fused-ring (bicyclic) bond motifs is 1. The van der Waals surface area contributed by atoms with Crippen LogP contribution in [0.2, 0.25) is 0 Å². The van der Waals surface area contributed by atoms with Gasteiger partial charge >= 0.3 is 6.18 Å². The lowest BCUT2D eigenvalue weighted by atomic mass is 10.3. The Balaban J connectivity index is 1.93. The van der Waals surface area contributed by atoms with Crippen LogP contribution in [0.1, 0.15) is 12.7 Å². The van der Waals surface area contributed by atoms with Gasteiger partial charge in [-0.25, -0.2) is 4.98 Å². The Bertz CT molecular complexity index is 726. The van der Waals surface area contributed by atoms with E-state index in [0.717, 1.165) is 4.57 Å². The first kappa shape index (κ1) is 15.8. The molecule has 23 heavy (non-hydrogen) atoms. The summed E-state index contributed by atoms with van der Waals surface area (Å²) in [5, 5.41) is 0. The predicted octanol–water partition coefficient (Wildman–Crippen LogP) is 2.30. The molecule has 5 nitrogen and oxygen atoms in total. The highest BCUT2D eigenvalue weighted by atomic mass is 19.4. The van der Waals surface area contributed by atoms with E-state index in [4.69, 9.17) is 4.74 Å². The van der Waals surface area contributed by atoms with Crippen molar-refractivity contribution in [2.45, 2.75) is 25.7 Å². The molecule has 1 amide bonds. The van der Waals surface area contributed by atoms with Crippen molar-refractivity contribution in [2.75, 3.05) is 19.7 Å². The third-order valence-electron chi connectivity index (χ3n) is 3.80. The number of aromatic nitrogens is 2. The number of hydrogen-bond donors (Lipinski definition) is 0. The molecule has 1 atom stereocenters. The van der Waals surface area contributed by atoms with Crippen molar-refractivity contribution in [3.8, 4) is 0 Å². The van der Waals surface area contributed by atoms with Gasteiger partial charge in [-0.3, -0.25) is 4.79 Å². The fourth-order valence-corrected chi connectivity index (χ4v) is 2.73. The minimum Gasteiger partial charge on any atom is -0.375 e. The van der Waals surface area contributed by atoms with Gasteiger partial charge in [-0.1, -0.05) is 12.1 Å². The number of benzene rings is 1. The normalized spacial score (nSPS) is 19.3. The smallest absolute Gasteiger partial charge is 0.375 e. The van der Waals surface area contributed by atoms with Gasteiger partial charge in [0.05, 0.1) is 23.7 Å². The second-order valence-electron chi connectivity index (χ2n) is 5.53. The van der Waals surface area contributed by atoms with Gasteiger partial charge in [0.2, 0.25) is 11.7 Å². The molecule has 2 aromatic rings. The fourth-order valence-electron chi connectivity index (χ4n) is 2.73. The largest absolute Gasteiger partial charge is 0.449 e. The molecule has 0 aliphatic carbocycles. The van der Waals surface area contributed by atoms with Crippen molar-refractivity contribution in [1.82, 2.24) is 14.5 Å². The molecule has 1 saturated heterocycles. The molecule has 0 N–H and O–H groups in total. The van der Waals surface area contributed by atoms with Crippen molar-refractivity contribution < 1.29 is 22.7 Å². The Morgan fingerprint density at radius 2 is 2.13 bits per heavy atom. The summed E-state index contributed by atoms with van der Waals surface area (Å²) in [7, 11) is 0. The molecular formula is C15H16F3N3O2. The number of ether oxygens (including phenoxy) is 1. The molecule has 1 aliphatic heterocycles. The van der Waals surface area contributed by atoms with Gasteiger partial charge in [0.1, 0.15) is 6.54 Å². The van der Waals surface area contributed by atoms with Crippen LogP contribution in [0, 0.1) is 0 Å². The Kier molecular flexibility index (Phi) is 4.01. The Labute approximate surface area is 130 Å². The maximum Gasteiger partial charge on any atom is 0.449 e. The molecule has 0 radical (unpaired) electrons. The summed E-state index contributed by atoms with van der Waals surface area (Å²) in [6.07, 6.45) is -4.73. The van der Waals surface area contributed by atoms with Crippen molar-refractivity contribution in [3.63, 3.8) is 0 Å². The topological polar surface area (TPSA) is 47.4 Å². The second kappa shape index (κ2) is 5.84. The van der Waals surface area contributed by atoms with Crippen LogP contribution >= 0.6 is 0 Å². The van der Waals surface area contributed by atoms with Gasteiger partial charge in [0.15, 0.2) is 0 Å². The molecule has 2 heterocycles. The van der Waals surface area contributed by atoms with Crippen molar-refractivity contribution in [3.05, 3.63) is 30.1 Å². The Morgan fingerprint density at radius 1 is 1.39 bits per heavy atom. The summed E-state index contributed by atoms with van der Waals surface area (Å²) in [4.78, 5) is 17.6. The van der Waals surface area contributed by atoms with Crippen molar-refractivity contribution in [2.24, 2.45) is 0 Å². The summed E-state index contributed by atoms with van der Waals surface area (Å²) in [6, 6.07) is 6.28. The van der Waals surface area contributed by atoms with E-state index in [0.29, 0.717) is 25.2 Å². The van der Waals surface area contributed by atoms with Crippen LogP contribution in [0.4, 0.5) is 13.2 Å². The van der Waals surface area contributed by atoms with Crippen LogP contribution in [0.25, 0.3) is 11.0 Å². The fraction of sp³-hybridized carbons (Fsp3) is 0.467. The molecule has 1 aromatic heterocycles. The Hall–Kier alpha value is -2.09. The van der Waals surface area contributed by atoms with E-state index in [-0.39, 0.29) is 24.1 Å². The first-order valence-corrected chi connectivity index (χ1v) is 7.28. The average Bonchev–Trinajstić information content (AvgIpc) is 2.86. The number of hydrogen-bond acceptors (Lipinski definition) is 3. The quantitative estimate of drug-likeness (QED) is 0.850. The van der Waals surface area contributed by atoms with E-state index in [2.05, 4.69) is 4.98 Å².